The van der Waals surface area contributed by atoms with Crippen LogP contribution in [0.3, 0.4) is 0 Å². The van der Waals surface area contributed by atoms with Gasteiger partial charge < -0.3 is 9.84 Å². The lowest BCUT2D eigenvalue weighted by atomic mass is 10.0. The molecule has 1 aliphatic heterocycles. The van der Waals surface area contributed by atoms with Crippen molar-refractivity contribution in [2.75, 3.05) is 0 Å². The van der Waals surface area contributed by atoms with Crippen LogP contribution in [0.1, 0.15) is 20.8 Å². The summed E-state index contributed by atoms with van der Waals surface area (Å²) in [6.45, 7) is 9.46. The van der Waals surface area contributed by atoms with Crippen molar-refractivity contribution in [3.63, 3.8) is 0 Å². The Bertz CT molecular complexity index is 216. The highest BCUT2D eigenvalue weighted by atomic mass is 16.6. The molecule has 0 bridgehead atoms. The van der Waals surface area contributed by atoms with E-state index in [-0.39, 0.29) is 11.7 Å². The molecule has 0 aliphatic carbocycles. The van der Waals surface area contributed by atoms with Crippen molar-refractivity contribution in [1.82, 2.24) is 0 Å². The third-order valence-electron chi connectivity index (χ3n) is 2.12. The van der Waals surface area contributed by atoms with E-state index in [1.165, 1.54) is 0 Å². The van der Waals surface area contributed by atoms with Gasteiger partial charge in [0, 0.05) is 0 Å². The Labute approximate surface area is 73.5 Å². The first kappa shape index (κ1) is 9.49. The van der Waals surface area contributed by atoms with E-state index in [1.807, 2.05) is 20.8 Å². The Balaban J connectivity index is 2.51. The minimum Gasteiger partial charge on any atom is -0.386 e. The summed E-state index contributed by atoms with van der Waals surface area (Å²) in [7, 11) is 0. The number of hydrogen-bond acceptors (Lipinski definition) is 2. The van der Waals surface area contributed by atoms with Gasteiger partial charge in [0.05, 0.1) is 5.60 Å². The standard InChI is InChI=1S/C10H16O2/c1-5-7(2)6-8(11)9-10(3,4)12-9/h5-6,8-9,11H,1H2,2-4H3/b7-6+/t8-,9-/m1/s1. The van der Waals surface area contributed by atoms with Crippen LogP contribution in [0.25, 0.3) is 0 Å². The second kappa shape index (κ2) is 3.04. The van der Waals surface area contributed by atoms with E-state index in [2.05, 4.69) is 6.58 Å². The average molecular weight is 168 g/mol. The number of allylic oxidation sites excluding steroid dienone is 2. The molecule has 1 fully saturated rings. The van der Waals surface area contributed by atoms with Gasteiger partial charge >= 0.3 is 0 Å². The van der Waals surface area contributed by atoms with Crippen molar-refractivity contribution >= 4 is 0 Å². The Morgan fingerprint density at radius 2 is 2.17 bits per heavy atom. The molecule has 0 amide bonds. The molecule has 1 heterocycles. The van der Waals surface area contributed by atoms with Crippen LogP contribution in [-0.2, 0) is 4.74 Å². The van der Waals surface area contributed by atoms with Crippen molar-refractivity contribution in [3.8, 4) is 0 Å². The number of aliphatic hydroxyl groups is 1. The van der Waals surface area contributed by atoms with Crippen molar-refractivity contribution < 1.29 is 9.84 Å². The Kier molecular flexibility index (Phi) is 2.40. The Hall–Kier alpha value is -0.600. The molecule has 0 saturated carbocycles. The molecule has 0 aromatic carbocycles. The normalized spacial score (nSPS) is 29.7. The van der Waals surface area contributed by atoms with E-state index in [9.17, 15) is 5.11 Å². The summed E-state index contributed by atoms with van der Waals surface area (Å²) in [5.74, 6) is 0. The zero-order chi connectivity index (χ0) is 9.35. The average Bonchev–Trinajstić information content (AvgIpc) is 2.59. The van der Waals surface area contributed by atoms with Crippen LogP contribution in [-0.4, -0.2) is 22.9 Å². The molecule has 2 nitrogen and oxygen atoms in total. The van der Waals surface area contributed by atoms with Gasteiger partial charge in [-0.2, -0.15) is 0 Å². The third kappa shape index (κ3) is 1.96. The quantitative estimate of drug-likeness (QED) is 0.513. The molecule has 0 aromatic heterocycles. The molecule has 1 aliphatic rings. The van der Waals surface area contributed by atoms with E-state index in [0.29, 0.717) is 0 Å². The molecule has 68 valence electrons. The molecular weight excluding hydrogens is 152 g/mol. The third-order valence-corrected chi connectivity index (χ3v) is 2.12. The fourth-order valence-corrected chi connectivity index (χ4v) is 1.20. The fourth-order valence-electron chi connectivity index (χ4n) is 1.20. The van der Waals surface area contributed by atoms with Crippen LogP contribution >= 0.6 is 0 Å². The predicted molar refractivity (Wildman–Crippen MR) is 48.9 cm³/mol. The molecule has 2 heteroatoms. The van der Waals surface area contributed by atoms with E-state index in [1.54, 1.807) is 12.2 Å². The van der Waals surface area contributed by atoms with Crippen molar-refractivity contribution in [3.05, 3.63) is 24.3 Å². The Morgan fingerprint density at radius 3 is 2.50 bits per heavy atom. The summed E-state index contributed by atoms with van der Waals surface area (Å²) in [6.07, 6.45) is 2.94. The molecule has 2 atom stereocenters. The highest BCUT2D eigenvalue weighted by Crippen LogP contribution is 2.38. The van der Waals surface area contributed by atoms with Crippen LogP contribution in [0.4, 0.5) is 0 Å². The molecule has 0 unspecified atom stereocenters. The summed E-state index contributed by atoms with van der Waals surface area (Å²) >= 11 is 0. The van der Waals surface area contributed by atoms with Gasteiger partial charge in [-0.1, -0.05) is 24.3 Å². The van der Waals surface area contributed by atoms with Gasteiger partial charge in [0.25, 0.3) is 0 Å². The van der Waals surface area contributed by atoms with E-state index in [4.69, 9.17) is 4.74 Å². The summed E-state index contributed by atoms with van der Waals surface area (Å²) in [5.41, 5.74) is 0.825. The van der Waals surface area contributed by atoms with Crippen LogP contribution < -0.4 is 0 Å². The number of ether oxygens (including phenoxy) is 1. The van der Waals surface area contributed by atoms with Gasteiger partial charge in [-0.25, -0.2) is 0 Å². The molecule has 0 radical (unpaired) electrons. The van der Waals surface area contributed by atoms with Crippen LogP contribution in [0.2, 0.25) is 0 Å². The van der Waals surface area contributed by atoms with Crippen LogP contribution in [0.5, 0.6) is 0 Å². The second-order valence-corrected chi connectivity index (χ2v) is 3.75. The highest BCUT2D eigenvalue weighted by Gasteiger charge is 2.51. The summed E-state index contributed by atoms with van der Waals surface area (Å²) < 4.78 is 5.28. The minimum atomic E-state index is -0.502. The lowest BCUT2D eigenvalue weighted by Gasteiger charge is -2.03. The molecular formula is C10H16O2. The molecule has 12 heavy (non-hydrogen) atoms. The first-order valence-electron chi connectivity index (χ1n) is 4.14. The van der Waals surface area contributed by atoms with Crippen LogP contribution in [0, 0.1) is 0 Å². The van der Waals surface area contributed by atoms with Crippen molar-refractivity contribution in [2.24, 2.45) is 0 Å². The fraction of sp³-hybridized carbons (Fsp3) is 0.600. The SMILES string of the molecule is C=C/C(C)=C/[C@@H](O)[C@H]1OC1(C)C. The first-order valence-corrected chi connectivity index (χ1v) is 4.14. The topological polar surface area (TPSA) is 32.8 Å². The molecule has 0 spiro atoms. The van der Waals surface area contributed by atoms with E-state index in [0.717, 1.165) is 5.57 Å². The smallest absolute Gasteiger partial charge is 0.116 e. The maximum Gasteiger partial charge on any atom is 0.116 e. The predicted octanol–water partition coefficient (Wildman–Crippen LogP) is 1.66. The molecule has 1 N–H and O–H groups in total. The largest absolute Gasteiger partial charge is 0.386 e. The minimum absolute atomic E-state index is 0.0487. The van der Waals surface area contributed by atoms with Gasteiger partial charge in [0.15, 0.2) is 0 Å². The van der Waals surface area contributed by atoms with Crippen molar-refractivity contribution in [1.29, 1.82) is 0 Å². The van der Waals surface area contributed by atoms with Crippen molar-refractivity contribution in [2.45, 2.75) is 38.6 Å². The highest BCUT2D eigenvalue weighted by molar-refractivity contribution is 5.18. The summed E-state index contributed by atoms with van der Waals surface area (Å²) in [6, 6.07) is 0. The Morgan fingerprint density at radius 1 is 1.67 bits per heavy atom. The second-order valence-electron chi connectivity index (χ2n) is 3.75. The number of hydrogen-bond donors (Lipinski definition) is 1. The number of epoxide rings is 1. The number of aliphatic hydroxyl groups excluding tert-OH is 1. The maximum atomic E-state index is 9.58. The van der Waals surface area contributed by atoms with Gasteiger partial charge in [-0.3, -0.25) is 0 Å². The number of rotatable bonds is 3. The zero-order valence-corrected chi connectivity index (χ0v) is 7.87. The monoisotopic (exact) mass is 168 g/mol. The van der Waals surface area contributed by atoms with Gasteiger partial charge in [0.1, 0.15) is 12.2 Å². The van der Waals surface area contributed by atoms with E-state index >= 15 is 0 Å². The summed E-state index contributed by atoms with van der Waals surface area (Å²) in [5, 5.41) is 9.58. The lowest BCUT2D eigenvalue weighted by Crippen LogP contribution is -2.18. The van der Waals surface area contributed by atoms with Gasteiger partial charge in [-0.15, -0.1) is 0 Å². The molecule has 0 aromatic rings. The summed E-state index contributed by atoms with van der Waals surface area (Å²) in [4.78, 5) is 0. The molecule has 1 rings (SSSR count). The van der Waals surface area contributed by atoms with E-state index < -0.39 is 6.10 Å². The maximum absolute atomic E-state index is 9.58. The van der Waals surface area contributed by atoms with Gasteiger partial charge in [0.2, 0.25) is 0 Å². The first-order chi connectivity index (χ1) is 5.47. The zero-order valence-electron chi connectivity index (χ0n) is 7.87. The van der Waals surface area contributed by atoms with Crippen LogP contribution in [0.15, 0.2) is 24.3 Å². The molecule has 1 saturated heterocycles. The lowest BCUT2D eigenvalue weighted by molar-refractivity contribution is 0.176. The van der Waals surface area contributed by atoms with Gasteiger partial charge in [-0.05, 0) is 20.8 Å².